The fourth-order valence-corrected chi connectivity index (χ4v) is 2.18. The average molecular weight is 289 g/mol. The summed E-state index contributed by atoms with van der Waals surface area (Å²) in [5, 5.41) is 0. The van der Waals surface area contributed by atoms with Crippen LogP contribution < -0.4 is 5.73 Å². The number of ketones is 1. The molecule has 0 aliphatic carbocycles. The van der Waals surface area contributed by atoms with Crippen molar-refractivity contribution in [3.8, 4) is 0 Å². The van der Waals surface area contributed by atoms with Crippen LogP contribution in [-0.2, 0) is 16.6 Å². The van der Waals surface area contributed by atoms with Crippen LogP contribution in [0.15, 0.2) is 42.5 Å². The first-order valence-electron chi connectivity index (χ1n) is 6.63. The summed E-state index contributed by atoms with van der Waals surface area (Å²) in [7, 11) is 0. The first-order chi connectivity index (χ1) is 9.79. The molecule has 0 saturated carbocycles. The first-order valence-corrected chi connectivity index (χ1v) is 6.63. The summed E-state index contributed by atoms with van der Waals surface area (Å²) in [5.74, 6) is -1.47. The maximum absolute atomic E-state index is 13.2. The van der Waals surface area contributed by atoms with E-state index in [0.29, 0.717) is 11.3 Å². The minimum absolute atomic E-state index is 0.0218. The van der Waals surface area contributed by atoms with Crippen molar-refractivity contribution in [2.45, 2.75) is 25.7 Å². The van der Waals surface area contributed by atoms with Gasteiger partial charge in [-0.2, -0.15) is 0 Å². The van der Waals surface area contributed by atoms with Crippen LogP contribution in [-0.4, -0.2) is 5.78 Å². The molecule has 0 heterocycles. The second-order valence-corrected chi connectivity index (χ2v) is 5.62. The van der Waals surface area contributed by atoms with Crippen molar-refractivity contribution in [2.75, 3.05) is 5.73 Å². The molecule has 110 valence electrons. The number of nitrogens with two attached hydrogens (primary N) is 1. The Hall–Kier alpha value is -2.23. The molecule has 0 amide bonds. The molecule has 2 N–H and O–H groups in total. The summed E-state index contributed by atoms with van der Waals surface area (Å²) in [5.41, 5.74) is 6.65. The standard InChI is InChI=1S/C17H17F2NO/c1-17(2,12-3-5-15(20)6-4-12)16(21)9-11-7-13(18)10-14(19)8-11/h3-8,10H,9,20H2,1-2H3. The van der Waals surface area contributed by atoms with E-state index in [1.165, 1.54) is 12.1 Å². The third kappa shape index (κ3) is 3.45. The molecule has 0 spiro atoms. The van der Waals surface area contributed by atoms with E-state index in [-0.39, 0.29) is 12.2 Å². The summed E-state index contributed by atoms with van der Waals surface area (Å²) < 4.78 is 26.4. The Kier molecular flexibility index (Phi) is 4.07. The molecule has 0 aliphatic heterocycles. The lowest BCUT2D eigenvalue weighted by molar-refractivity contribution is -0.122. The van der Waals surface area contributed by atoms with Gasteiger partial charge < -0.3 is 5.73 Å². The summed E-state index contributed by atoms with van der Waals surface area (Å²) in [4.78, 5) is 12.5. The zero-order chi connectivity index (χ0) is 15.6. The van der Waals surface area contributed by atoms with Crippen molar-refractivity contribution in [1.82, 2.24) is 0 Å². The van der Waals surface area contributed by atoms with Crippen LogP contribution in [0.4, 0.5) is 14.5 Å². The van der Waals surface area contributed by atoms with E-state index in [1.807, 2.05) is 0 Å². The molecule has 4 heteroatoms. The van der Waals surface area contributed by atoms with Crippen LogP contribution in [0.5, 0.6) is 0 Å². The molecule has 2 aromatic carbocycles. The Morgan fingerprint density at radius 3 is 2.10 bits per heavy atom. The number of rotatable bonds is 4. The molecule has 2 rings (SSSR count). The third-order valence-electron chi connectivity index (χ3n) is 3.62. The number of benzene rings is 2. The lowest BCUT2D eigenvalue weighted by Gasteiger charge is -2.24. The topological polar surface area (TPSA) is 43.1 Å². The Morgan fingerprint density at radius 1 is 1.05 bits per heavy atom. The van der Waals surface area contributed by atoms with Crippen molar-refractivity contribution in [2.24, 2.45) is 0 Å². The van der Waals surface area contributed by atoms with Gasteiger partial charge in [-0.3, -0.25) is 4.79 Å². The molecule has 0 aromatic heterocycles. The average Bonchev–Trinajstić information content (AvgIpc) is 2.37. The molecule has 2 aromatic rings. The molecule has 2 nitrogen and oxygen atoms in total. The van der Waals surface area contributed by atoms with Crippen LogP contribution in [0.25, 0.3) is 0 Å². The number of halogens is 2. The fourth-order valence-electron chi connectivity index (χ4n) is 2.18. The molecule has 0 saturated heterocycles. The van der Waals surface area contributed by atoms with Gasteiger partial charge in [-0.05, 0) is 49.2 Å². The van der Waals surface area contributed by atoms with E-state index in [9.17, 15) is 13.6 Å². The Morgan fingerprint density at radius 2 is 1.57 bits per heavy atom. The molecule has 0 fully saturated rings. The summed E-state index contributed by atoms with van der Waals surface area (Å²) in [6.45, 7) is 3.58. The number of hydrogen-bond donors (Lipinski definition) is 1. The first kappa shape index (κ1) is 15.2. The maximum atomic E-state index is 13.2. The summed E-state index contributed by atoms with van der Waals surface area (Å²) in [6.07, 6.45) is -0.0218. The van der Waals surface area contributed by atoms with E-state index in [4.69, 9.17) is 5.73 Å². The van der Waals surface area contributed by atoms with E-state index in [1.54, 1.807) is 38.1 Å². The van der Waals surface area contributed by atoms with E-state index < -0.39 is 17.0 Å². The van der Waals surface area contributed by atoms with Crippen molar-refractivity contribution >= 4 is 11.5 Å². The molecular weight excluding hydrogens is 272 g/mol. The summed E-state index contributed by atoms with van der Waals surface area (Å²) >= 11 is 0. The van der Waals surface area contributed by atoms with Crippen LogP contribution in [0.2, 0.25) is 0 Å². The second kappa shape index (κ2) is 5.64. The lowest BCUT2D eigenvalue weighted by Crippen LogP contribution is -2.30. The lowest BCUT2D eigenvalue weighted by atomic mass is 9.78. The number of hydrogen-bond acceptors (Lipinski definition) is 2. The summed E-state index contributed by atoms with van der Waals surface area (Å²) in [6, 6.07) is 10.2. The minimum atomic E-state index is -0.753. The normalized spacial score (nSPS) is 11.4. The third-order valence-corrected chi connectivity index (χ3v) is 3.62. The quantitative estimate of drug-likeness (QED) is 0.873. The van der Waals surface area contributed by atoms with Gasteiger partial charge in [0, 0.05) is 23.6 Å². The largest absolute Gasteiger partial charge is 0.399 e. The van der Waals surface area contributed by atoms with Gasteiger partial charge in [-0.15, -0.1) is 0 Å². The van der Waals surface area contributed by atoms with E-state index in [0.717, 1.165) is 11.6 Å². The predicted molar refractivity (Wildman–Crippen MR) is 78.9 cm³/mol. The molecular formula is C17H17F2NO. The molecule has 0 unspecified atom stereocenters. The van der Waals surface area contributed by atoms with Gasteiger partial charge in [0.2, 0.25) is 0 Å². The van der Waals surface area contributed by atoms with Gasteiger partial charge in [0.15, 0.2) is 0 Å². The van der Waals surface area contributed by atoms with Gasteiger partial charge in [0.1, 0.15) is 17.4 Å². The SMILES string of the molecule is CC(C)(C(=O)Cc1cc(F)cc(F)c1)c1ccc(N)cc1. The highest BCUT2D eigenvalue weighted by Crippen LogP contribution is 2.27. The minimum Gasteiger partial charge on any atom is -0.399 e. The number of Topliss-reactive ketones (excluding diaryl/α,β-unsaturated/α-hetero) is 1. The van der Waals surface area contributed by atoms with Gasteiger partial charge in [0.05, 0.1) is 0 Å². The zero-order valence-corrected chi connectivity index (χ0v) is 12.0. The van der Waals surface area contributed by atoms with Crippen LogP contribution >= 0.6 is 0 Å². The highest BCUT2D eigenvalue weighted by Gasteiger charge is 2.29. The van der Waals surface area contributed by atoms with Crippen molar-refractivity contribution in [1.29, 1.82) is 0 Å². The predicted octanol–water partition coefficient (Wildman–Crippen LogP) is 3.64. The number of carbonyl (C=O) groups is 1. The fraction of sp³-hybridized carbons (Fsp3) is 0.235. The van der Waals surface area contributed by atoms with Crippen molar-refractivity contribution in [3.63, 3.8) is 0 Å². The van der Waals surface area contributed by atoms with Crippen molar-refractivity contribution < 1.29 is 13.6 Å². The Balaban J connectivity index is 2.23. The number of anilines is 1. The smallest absolute Gasteiger partial charge is 0.147 e. The highest BCUT2D eigenvalue weighted by atomic mass is 19.1. The van der Waals surface area contributed by atoms with Crippen LogP contribution in [0.1, 0.15) is 25.0 Å². The molecule has 0 bridgehead atoms. The number of nitrogen functional groups attached to an aromatic ring is 1. The zero-order valence-electron chi connectivity index (χ0n) is 12.0. The monoisotopic (exact) mass is 289 g/mol. The van der Waals surface area contributed by atoms with E-state index >= 15 is 0 Å². The van der Waals surface area contributed by atoms with Crippen LogP contribution in [0.3, 0.4) is 0 Å². The Bertz CT molecular complexity index is 643. The molecule has 21 heavy (non-hydrogen) atoms. The second-order valence-electron chi connectivity index (χ2n) is 5.62. The highest BCUT2D eigenvalue weighted by molar-refractivity contribution is 5.91. The van der Waals surface area contributed by atoms with Gasteiger partial charge >= 0.3 is 0 Å². The van der Waals surface area contributed by atoms with Gasteiger partial charge in [-0.25, -0.2) is 8.78 Å². The molecule has 0 aliphatic rings. The van der Waals surface area contributed by atoms with E-state index in [2.05, 4.69) is 0 Å². The molecule has 0 radical (unpaired) electrons. The van der Waals surface area contributed by atoms with Crippen molar-refractivity contribution in [3.05, 3.63) is 65.2 Å². The molecule has 0 atom stereocenters. The number of carbonyl (C=O) groups excluding carboxylic acids is 1. The Labute approximate surface area is 122 Å². The van der Waals surface area contributed by atoms with Gasteiger partial charge in [-0.1, -0.05) is 12.1 Å². The maximum Gasteiger partial charge on any atom is 0.147 e. The van der Waals surface area contributed by atoms with Crippen LogP contribution in [0, 0.1) is 11.6 Å². The van der Waals surface area contributed by atoms with Gasteiger partial charge in [0.25, 0.3) is 0 Å².